The van der Waals surface area contributed by atoms with E-state index in [9.17, 15) is 18.9 Å². The number of hydrogen-bond acceptors (Lipinski definition) is 4. The Kier molecular flexibility index (Phi) is 15.2. The van der Waals surface area contributed by atoms with Crippen molar-refractivity contribution < 1.29 is 18.9 Å². The van der Waals surface area contributed by atoms with Gasteiger partial charge in [-0.2, -0.15) is 0 Å². The SMILES string of the molecule is O=[P+]([O-])CCCc1ccccc1.O=[P+]([O-])CCCc1ccccc1.[Mg+2]. The van der Waals surface area contributed by atoms with Crippen molar-refractivity contribution in [2.24, 2.45) is 0 Å². The summed E-state index contributed by atoms with van der Waals surface area (Å²) in [6.45, 7) is 0. The Hall–Kier alpha value is -0.674. The molecular formula is C18H22MgO4P2+2. The molecule has 0 spiro atoms. The normalized spacial score (nSPS) is 10.8. The molecule has 0 amide bonds. The van der Waals surface area contributed by atoms with Crippen LogP contribution < -0.4 is 9.79 Å². The maximum absolute atomic E-state index is 10.2. The number of benzene rings is 2. The zero-order valence-corrected chi connectivity index (χ0v) is 17.5. The molecule has 25 heavy (non-hydrogen) atoms. The summed E-state index contributed by atoms with van der Waals surface area (Å²) in [7, 11) is -4.39. The van der Waals surface area contributed by atoms with Gasteiger partial charge < -0.3 is 9.79 Å². The van der Waals surface area contributed by atoms with Crippen LogP contribution in [0, 0.1) is 0 Å². The van der Waals surface area contributed by atoms with E-state index >= 15 is 0 Å². The summed E-state index contributed by atoms with van der Waals surface area (Å²) in [6.07, 6.45) is 3.74. The quantitative estimate of drug-likeness (QED) is 0.514. The van der Waals surface area contributed by atoms with Gasteiger partial charge in [-0.15, -0.1) is 0 Å². The van der Waals surface area contributed by atoms with E-state index in [-0.39, 0.29) is 23.1 Å². The summed E-state index contributed by atoms with van der Waals surface area (Å²) >= 11 is 0. The molecule has 2 aromatic rings. The Morgan fingerprint density at radius 3 is 1.24 bits per heavy atom. The van der Waals surface area contributed by atoms with Gasteiger partial charge in [0.1, 0.15) is 12.3 Å². The minimum absolute atomic E-state index is 0. The first-order chi connectivity index (χ1) is 11.6. The molecule has 0 saturated heterocycles. The second kappa shape index (κ2) is 15.6. The molecule has 0 N–H and O–H groups in total. The van der Waals surface area contributed by atoms with Crippen molar-refractivity contribution >= 4 is 39.1 Å². The van der Waals surface area contributed by atoms with Crippen LogP contribution in [0.4, 0.5) is 0 Å². The van der Waals surface area contributed by atoms with Gasteiger partial charge >= 0.3 is 39.1 Å². The second-order valence-electron chi connectivity index (χ2n) is 5.29. The predicted molar refractivity (Wildman–Crippen MR) is 100 cm³/mol. The third kappa shape index (κ3) is 14.2. The van der Waals surface area contributed by atoms with Crippen LogP contribution in [-0.4, -0.2) is 35.4 Å². The summed E-state index contributed by atoms with van der Waals surface area (Å²) in [5.41, 5.74) is 2.41. The fraction of sp³-hybridized carbons (Fsp3) is 0.333. The van der Waals surface area contributed by atoms with E-state index < -0.39 is 16.1 Å². The van der Waals surface area contributed by atoms with Crippen molar-refractivity contribution in [3.05, 3.63) is 71.8 Å². The molecule has 0 aliphatic carbocycles. The zero-order chi connectivity index (χ0) is 17.6. The van der Waals surface area contributed by atoms with Gasteiger partial charge in [-0.25, -0.2) is 0 Å². The Labute approximate surface area is 167 Å². The third-order valence-electron chi connectivity index (χ3n) is 3.30. The van der Waals surface area contributed by atoms with Crippen molar-refractivity contribution in [3.8, 4) is 0 Å². The average Bonchev–Trinajstić information content (AvgIpc) is 2.57. The van der Waals surface area contributed by atoms with Gasteiger partial charge in [-0.3, -0.25) is 0 Å². The maximum Gasteiger partial charge on any atom is 2.00 e. The van der Waals surface area contributed by atoms with Crippen molar-refractivity contribution in [2.75, 3.05) is 12.3 Å². The first kappa shape index (κ1) is 24.3. The molecule has 4 nitrogen and oxygen atoms in total. The zero-order valence-electron chi connectivity index (χ0n) is 14.3. The van der Waals surface area contributed by atoms with Crippen LogP contribution in [0.5, 0.6) is 0 Å². The Morgan fingerprint density at radius 2 is 0.960 bits per heavy atom. The average molecular weight is 389 g/mol. The molecule has 0 saturated carbocycles. The monoisotopic (exact) mass is 388 g/mol. The number of rotatable bonds is 8. The first-order valence-corrected chi connectivity index (χ1v) is 10.6. The third-order valence-corrected chi connectivity index (χ3v) is 4.66. The van der Waals surface area contributed by atoms with Crippen LogP contribution in [0.2, 0.25) is 0 Å². The van der Waals surface area contributed by atoms with E-state index in [0.717, 1.165) is 25.7 Å². The Morgan fingerprint density at radius 1 is 0.640 bits per heavy atom. The number of hydrogen-bond donors (Lipinski definition) is 0. The van der Waals surface area contributed by atoms with Crippen LogP contribution in [-0.2, 0) is 22.0 Å². The fourth-order valence-electron chi connectivity index (χ4n) is 2.11. The molecule has 2 atom stereocenters. The Balaban J connectivity index is 0.000000443. The molecule has 2 rings (SSSR count). The standard InChI is InChI=1S/2C9H11O2P.Mg/c2*10-12(11)8-4-7-9-5-2-1-3-6-9;/h2*1-3,5-6H,4,7-8H2;/q;;+2. The predicted octanol–water partition coefficient (Wildman–Crippen LogP) is 3.06. The van der Waals surface area contributed by atoms with E-state index in [4.69, 9.17) is 0 Å². The molecule has 2 aromatic carbocycles. The molecule has 7 heteroatoms. The van der Waals surface area contributed by atoms with Gasteiger partial charge in [0.25, 0.3) is 0 Å². The Bertz CT molecular complexity index is 553. The molecular weight excluding hydrogens is 366 g/mol. The minimum Gasteiger partial charge on any atom is -0.596 e. The molecule has 0 aromatic heterocycles. The van der Waals surface area contributed by atoms with E-state index in [1.165, 1.54) is 11.1 Å². The minimum atomic E-state index is -2.20. The van der Waals surface area contributed by atoms with Gasteiger partial charge in [0.2, 0.25) is 0 Å². The summed E-state index contributed by atoms with van der Waals surface area (Å²) in [4.78, 5) is 20.5. The smallest absolute Gasteiger partial charge is 0.596 e. The van der Waals surface area contributed by atoms with E-state index in [1.54, 1.807) is 0 Å². The number of aryl methyl sites for hydroxylation is 2. The van der Waals surface area contributed by atoms with E-state index in [0.29, 0.717) is 12.3 Å². The van der Waals surface area contributed by atoms with Crippen molar-refractivity contribution in [1.29, 1.82) is 0 Å². The van der Waals surface area contributed by atoms with Gasteiger partial charge in [0, 0.05) is 0 Å². The molecule has 128 valence electrons. The van der Waals surface area contributed by atoms with Gasteiger partial charge in [0.05, 0.1) is 0 Å². The molecule has 0 bridgehead atoms. The molecule has 0 aliphatic rings. The van der Waals surface area contributed by atoms with Gasteiger partial charge in [0.15, 0.2) is 0 Å². The fourth-order valence-corrected chi connectivity index (χ4v) is 2.95. The first-order valence-electron chi connectivity index (χ1n) is 7.89. The molecule has 2 unspecified atom stereocenters. The van der Waals surface area contributed by atoms with Crippen LogP contribution in [0.3, 0.4) is 0 Å². The molecule has 0 aliphatic heterocycles. The van der Waals surface area contributed by atoms with Gasteiger partial charge in [-0.05, 0) is 36.8 Å². The topological polar surface area (TPSA) is 80.3 Å². The summed E-state index contributed by atoms with van der Waals surface area (Å²) < 4.78 is 20.5. The molecule has 0 fully saturated rings. The summed E-state index contributed by atoms with van der Waals surface area (Å²) in [5.74, 6) is 0. The summed E-state index contributed by atoms with van der Waals surface area (Å²) in [5, 5.41) is 0. The van der Waals surface area contributed by atoms with Crippen molar-refractivity contribution in [1.82, 2.24) is 0 Å². The summed E-state index contributed by atoms with van der Waals surface area (Å²) in [6, 6.07) is 19.8. The van der Waals surface area contributed by atoms with E-state index in [2.05, 4.69) is 0 Å². The van der Waals surface area contributed by atoms with Crippen molar-refractivity contribution in [3.63, 3.8) is 0 Å². The van der Waals surface area contributed by atoms with Crippen LogP contribution in [0.25, 0.3) is 0 Å². The van der Waals surface area contributed by atoms with E-state index in [1.807, 2.05) is 60.7 Å². The van der Waals surface area contributed by atoms with Crippen LogP contribution in [0.15, 0.2) is 60.7 Å². The molecule has 0 heterocycles. The van der Waals surface area contributed by atoms with Gasteiger partial charge in [-0.1, -0.05) is 69.8 Å². The van der Waals surface area contributed by atoms with Crippen LogP contribution in [0.1, 0.15) is 24.0 Å². The largest absolute Gasteiger partial charge is 2.00 e. The molecule has 0 radical (unpaired) electrons. The second-order valence-corrected chi connectivity index (χ2v) is 7.52. The van der Waals surface area contributed by atoms with Crippen molar-refractivity contribution in [2.45, 2.75) is 25.7 Å². The van der Waals surface area contributed by atoms with Crippen LogP contribution >= 0.6 is 16.1 Å². The maximum atomic E-state index is 10.2.